The first kappa shape index (κ1) is 23.1. The van der Waals surface area contributed by atoms with Crippen LogP contribution < -0.4 is 20.3 Å². The smallest absolute Gasteiger partial charge is 0.251 e. The van der Waals surface area contributed by atoms with Crippen molar-refractivity contribution in [3.63, 3.8) is 0 Å². The normalized spacial score (nSPS) is 13.3. The van der Waals surface area contributed by atoms with E-state index in [9.17, 15) is 18.4 Å². The van der Waals surface area contributed by atoms with Gasteiger partial charge in [0.2, 0.25) is 5.91 Å². The van der Waals surface area contributed by atoms with E-state index in [1.807, 2.05) is 12.1 Å². The molecule has 1 aromatic heterocycles. The number of carbonyl (C=O) groups excluding carboxylic acids is 2. The molecule has 3 aromatic rings. The highest BCUT2D eigenvalue weighted by Crippen LogP contribution is 2.32. The van der Waals surface area contributed by atoms with Crippen LogP contribution in [0.25, 0.3) is 0 Å². The number of aromatic nitrogens is 3. The molecule has 1 aliphatic rings. The third-order valence-electron chi connectivity index (χ3n) is 5.17. The van der Waals surface area contributed by atoms with Crippen molar-refractivity contribution >= 4 is 11.8 Å². The topological polar surface area (TPSA) is 128 Å². The highest BCUT2D eigenvalue weighted by molar-refractivity contribution is 5.94. The number of fused-ring (bicyclic) bond motifs is 1. The number of amides is 2. The zero-order valence-corrected chi connectivity index (χ0v) is 17.8. The minimum atomic E-state index is -1.12. The van der Waals surface area contributed by atoms with Gasteiger partial charge in [0, 0.05) is 5.56 Å². The molecule has 0 radical (unpaired) electrons. The van der Waals surface area contributed by atoms with Gasteiger partial charge in [0.1, 0.15) is 18.9 Å². The van der Waals surface area contributed by atoms with E-state index in [0.29, 0.717) is 36.8 Å². The van der Waals surface area contributed by atoms with Crippen LogP contribution >= 0.6 is 0 Å². The van der Waals surface area contributed by atoms with Crippen molar-refractivity contribution in [2.75, 3.05) is 13.2 Å². The first-order valence-electron chi connectivity index (χ1n) is 10.4. The molecule has 0 spiro atoms. The van der Waals surface area contributed by atoms with Gasteiger partial charge in [-0.15, -0.1) is 5.10 Å². The van der Waals surface area contributed by atoms with Crippen molar-refractivity contribution in [1.82, 2.24) is 25.8 Å². The Bertz CT molecular complexity index is 1200. The number of halogens is 2. The predicted molar refractivity (Wildman–Crippen MR) is 112 cm³/mol. The van der Waals surface area contributed by atoms with Crippen LogP contribution in [-0.4, -0.2) is 45.2 Å². The number of nitrogens with one attached hydrogen (secondary N) is 2. The molecule has 0 bridgehead atoms. The van der Waals surface area contributed by atoms with Crippen LogP contribution in [0.1, 0.15) is 34.1 Å². The standard InChI is InChI=1S/C22H21F2N5O5/c23-17-3-2-14(9-18(17)24)22(31)25-11-15-12-29(28-26-15)16(10-21(30)27-32)7-13-1-4-19-20(8-13)34-6-5-33-19/h1-4,8-9,12,16,32H,5-7,10-11H2,(H,25,31)(H,27,30). The van der Waals surface area contributed by atoms with Gasteiger partial charge in [0.05, 0.1) is 25.2 Å². The molecule has 0 aliphatic carbocycles. The average molecular weight is 473 g/mol. The maximum atomic E-state index is 13.4. The summed E-state index contributed by atoms with van der Waals surface area (Å²) in [5.74, 6) is -2.14. The molecule has 2 aromatic carbocycles. The lowest BCUT2D eigenvalue weighted by atomic mass is 10.0. The Morgan fingerprint density at radius 3 is 2.65 bits per heavy atom. The molecule has 4 rings (SSSR count). The van der Waals surface area contributed by atoms with E-state index < -0.39 is 29.5 Å². The van der Waals surface area contributed by atoms with E-state index >= 15 is 0 Å². The largest absolute Gasteiger partial charge is 0.486 e. The fraction of sp³-hybridized carbons (Fsp3) is 0.273. The average Bonchev–Trinajstić information content (AvgIpc) is 3.32. The van der Waals surface area contributed by atoms with Gasteiger partial charge in [0.25, 0.3) is 5.91 Å². The highest BCUT2D eigenvalue weighted by Gasteiger charge is 2.20. The summed E-state index contributed by atoms with van der Waals surface area (Å²) >= 11 is 0. The van der Waals surface area contributed by atoms with Gasteiger partial charge >= 0.3 is 0 Å². The first-order valence-corrected chi connectivity index (χ1v) is 10.4. The summed E-state index contributed by atoms with van der Waals surface area (Å²) in [7, 11) is 0. The van der Waals surface area contributed by atoms with Gasteiger partial charge in [-0.25, -0.2) is 18.9 Å². The molecular formula is C22H21F2N5O5. The maximum absolute atomic E-state index is 13.4. The van der Waals surface area contributed by atoms with Crippen molar-refractivity contribution in [3.8, 4) is 11.5 Å². The van der Waals surface area contributed by atoms with Crippen LogP contribution in [0.5, 0.6) is 11.5 Å². The lowest BCUT2D eigenvalue weighted by molar-refractivity contribution is -0.130. The van der Waals surface area contributed by atoms with E-state index in [1.54, 1.807) is 17.7 Å². The van der Waals surface area contributed by atoms with Crippen molar-refractivity contribution in [2.45, 2.75) is 25.4 Å². The number of hydroxylamine groups is 1. The molecule has 1 aliphatic heterocycles. The van der Waals surface area contributed by atoms with Crippen molar-refractivity contribution in [3.05, 3.63) is 71.1 Å². The molecule has 0 saturated heterocycles. The number of rotatable bonds is 8. The number of hydrogen-bond acceptors (Lipinski definition) is 7. The van der Waals surface area contributed by atoms with Crippen LogP contribution in [0, 0.1) is 11.6 Å². The first-order chi connectivity index (χ1) is 16.4. The summed E-state index contributed by atoms with van der Waals surface area (Å²) in [5, 5.41) is 19.6. The molecule has 3 N–H and O–H groups in total. The van der Waals surface area contributed by atoms with E-state index in [-0.39, 0.29) is 18.5 Å². The summed E-state index contributed by atoms with van der Waals surface area (Å²) in [6, 6.07) is 7.79. The Hall–Kier alpha value is -4.06. The molecule has 0 saturated carbocycles. The molecular weight excluding hydrogens is 452 g/mol. The molecule has 0 fully saturated rings. The maximum Gasteiger partial charge on any atom is 0.251 e. The summed E-state index contributed by atoms with van der Waals surface area (Å²) in [6.07, 6.45) is 1.84. The van der Waals surface area contributed by atoms with Crippen LogP contribution in [0.2, 0.25) is 0 Å². The second-order valence-electron chi connectivity index (χ2n) is 7.58. The van der Waals surface area contributed by atoms with E-state index in [4.69, 9.17) is 14.7 Å². The number of nitrogens with zero attached hydrogens (tertiary/aromatic N) is 3. The fourth-order valence-corrected chi connectivity index (χ4v) is 3.49. The number of ether oxygens (including phenoxy) is 2. The van der Waals surface area contributed by atoms with Crippen LogP contribution in [0.4, 0.5) is 8.78 Å². The molecule has 1 unspecified atom stereocenters. The summed E-state index contributed by atoms with van der Waals surface area (Å²) < 4.78 is 39.0. The SMILES string of the molecule is O=C(CC(Cc1ccc2c(c1)OCCO2)n1cc(CNC(=O)c2ccc(F)c(F)c2)nn1)NO. The third kappa shape index (κ3) is 5.46. The highest BCUT2D eigenvalue weighted by atomic mass is 19.2. The summed E-state index contributed by atoms with van der Waals surface area (Å²) in [5.41, 5.74) is 2.81. The second-order valence-corrected chi connectivity index (χ2v) is 7.58. The summed E-state index contributed by atoms with van der Waals surface area (Å²) in [6.45, 7) is 0.885. The predicted octanol–water partition coefficient (Wildman–Crippen LogP) is 1.94. The van der Waals surface area contributed by atoms with Gasteiger partial charge in [-0.3, -0.25) is 14.8 Å². The van der Waals surface area contributed by atoms with Crippen molar-refractivity contribution in [2.24, 2.45) is 0 Å². The Morgan fingerprint density at radius 2 is 1.88 bits per heavy atom. The molecule has 34 heavy (non-hydrogen) atoms. The van der Waals surface area contributed by atoms with Gasteiger partial charge in [-0.05, 0) is 42.3 Å². The lowest BCUT2D eigenvalue weighted by Crippen LogP contribution is -2.25. The van der Waals surface area contributed by atoms with Crippen molar-refractivity contribution in [1.29, 1.82) is 0 Å². The summed E-state index contributed by atoms with van der Waals surface area (Å²) in [4.78, 5) is 24.1. The van der Waals surface area contributed by atoms with Crippen molar-refractivity contribution < 1.29 is 33.1 Å². The monoisotopic (exact) mass is 473 g/mol. The van der Waals surface area contributed by atoms with Gasteiger partial charge < -0.3 is 14.8 Å². The zero-order valence-electron chi connectivity index (χ0n) is 17.8. The molecule has 1 atom stereocenters. The molecule has 2 heterocycles. The van der Waals surface area contributed by atoms with Crippen LogP contribution in [-0.2, 0) is 17.8 Å². The van der Waals surface area contributed by atoms with Crippen LogP contribution in [0.3, 0.4) is 0 Å². The Morgan fingerprint density at radius 1 is 1.09 bits per heavy atom. The van der Waals surface area contributed by atoms with Gasteiger partial charge in [0.15, 0.2) is 23.1 Å². The molecule has 12 heteroatoms. The third-order valence-corrected chi connectivity index (χ3v) is 5.17. The number of carbonyl (C=O) groups is 2. The lowest BCUT2D eigenvalue weighted by Gasteiger charge is -2.20. The van der Waals surface area contributed by atoms with Gasteiger partial charge in [-0.1, -0.05) is 11.3 Å². The van der Waals surface area contributed by atoms with E-state index in [1.165, 1.54) is 10.7 Å². The van der Waals surface area contributed by atoms with E-state index in [2.05, 4.69) is 15.6 Å². The minimum absolute atomic E-state index is 0.0270. The molecule has 10 nitrogen and oxygen atoms in total. The second kappa shape index (κ2) is 10.3. The molecule has 2 amide bonds. The van der Waals surface area contributed by atoms with E-state index in [0.717, 1.165) is 17.7 Å². The quantitative estimate of drug-likeness (QED) is 0.337. The minimum Gasteiger partial charge on any atom is -0.486 e. The zero-order chi connectivity index (χ0) is 24.1. The number of hydrogen-bond donors (Lipinski definition) is 3. The van der Waals surface area contributed by atoms with Crippen LogP contribution in [0.15, 0.2) is 42.6 Å². The Kier molecular flexibility index (Phi) is 6.97. The van der Waals surface area contributed by atoms with Gasteiger partial charge in [-0.2, -0.15) is 0 Å². The Balaban J connectivity index is 1.45. The Labute approximate surface area is 192 Å². The fourth-order valence-electron chi connectivity index (χ4n) is 3.49. The molecule has 178 valence electrons. The number of benzene rings is 2.